The molecule has 2 atom stereocenters. The Bertz CT molecular complexity index is 479. The van der Waals surface area contributed by atoms with Crippen molar-refractivity contribution in [3.8, 4) is 0 Å². The molecule has 0 aliphatic carbocycles. The smallest absolute Gasteiger partial charge is 0.382 e. The number of carbonyl (C=O) groups excluding carboxylic acids is 1. The molecule has 0 aliphatic rings. The van der Waals surface area contributed by atoms with E-state index in [4.69, 9.17) is 5.11 Å². The zero-order chi connectivity index (χ0) is 16.9. The third kappa shape index (κ3) is 5.31. The maximum atomic E-state index is 12.3. The van der Waals surface area contributed by atoms with Gasteiger partial charge in [0.15, 0.2) is 6.10 Å². The van der Waals surface area contributed by atoms with E-state index in [1.807, 2.05) is 37.3 Å². The number of hydrogen-bond donors (Lipinski definition) is 1. The second-order valence-electron chi connectivity index (χ2n) is 5.35. The summed E-state index contributed by atoms with van der Waals surface area (Å²) in [5.74, 6) is -0.312. The Hall–Kier alpha value is -1.60. The number of halogens is 3. The molecule has 0 fully saturated rings. The zero-order valence-electron chi connectivity index (χ0n) is 12.8. The van der Waals surface area contributed by atoms with E-state index in [-0.39, 0.29) is 18.5 Å². The molecule has 4 nitrogen and oxygen atoms in total. The van der Waals surface area contributed by atoms with Crippen LogP contribution in [0.5, 0.6) is 0 Å². The van der Waals surface area contributed by atoms with E-state index in [0.717, 1.165) is 10.5 Å². The molecule has 0 heterocycles. The van der Waals surface area contributed by atoms with Crippen LogP contribution in [0.3, 0.4) is 0 Å². The number of amides is 1. The van der Waals surface area contributed by atoms with Crippen LogP contribution in [0, 0.1) is 0 Å². The number of benzene rings is 1. The van der Waals surface area contributed by atoms with Crippen LogP contribution >= 0.6 is 0 Å². The first-order valence-corrected chi connectivity index (χ1v) is 6.87. The second kappa shape index (κ2) is 7.60. The van der Waals surface area contributed by atoms with Crippen molar-refractivity contribution < 1.29 is 23.1 Å². The van der Waals surface area contributed by atoms with Crippen molar-refractivity contribution in [2.24, 2.45) is 0 Å². The molecule has 1 rings (SSSR count). The molecule has 0 radical (unpaired) electrons. The first kappa shape index (κ1) is 18.4. The molecule has 0 saturated heterocycles. The summed E-state index contributed by atoms with van der Waals surface area (Å²) in [5, 5.41) is 9.00. The molecule has 2 unspecified atom stereocenters. The summed E-state index contributed by atoms with van der Waals surface area (Å²) in [6.07, 6.45) is -7.14. The van der Waals surface area contributed by atoms with E-state index in [1.165, 1.54) is 11.9 Å². The van der Waals surface area contributed by atoms with E-state index in [2.05, 4.69) is 0 Å². The maximum Gasteiger partial charge on any atom is 0.415 e. The van der Waals surface area contributed by atoms with Crippen molar-refractivity contribution in [2.45, 2.75) is 25.2 Å². The fourth-order valence-corrected chi connectivity index (χ4v) is 1.98. The Labute approximate surface area is 128 Å². The SMILES string of the molecule is CC(c1ccccc1)N(C)C(=O)CN(C)CC(O)C(F)(F)F. The first-order valence-electron chi connectivity index (χ1n) is 6.87. The van der Waals surface area contributed by atoms with Crippen LogP contribution in [-0.4, -0.2) is 60.3 Å². The highest BCUT2D eigenvalue weighted by molar-refractivity contribution is 5.78. The molecule has 1 aromatic carbocycles. The summed E-state index contributed by atoms with van der Waals surface area (Å²) >= 11 is 0. The molecule has 1 amide bonds. The standard InChI is InChI=1S/C15H21F3N2O2/c1-11(12-7-5-4-6-8-12)20(3)14(22)10-19(2)9-13(21)15(16,17)18/h4-8,11,13,21H,9-10H2,1-3H3. The van der Waals surface area contributed by atoms with Crippen molar-refractivity contribution in [3.63, 3.8) is 0 Å². The van der Waals surface area contributed by atoms with E-state index in [0.29, 0.717) is 0 Å². The van der Waals surface area contributed by atoms with Crippen LogP contribution in [0.15, 0.2) is 30.3 Å². The number of likely N-dealkylation sites (N-methyl/N-ethyl adjacent to an activating group) is 2. The lowest BCUT2D eigenvalue weighted by Gasteiger charge is -2.28. The molecule has 1 N–H and O–H groups in total. The molecule has 22 heavy (non-hydrogen) atoms. The molecular weight excluding hydrogens is 297 g/mol. The third-order valence-corrected chi connectivity index (χ3v) is 3.52. The van der Waals surface area contributed by atoms with E-state index in [1.54, 1.807) is 7.05 Å². The Kier molecular flexibility index (Phi) is 6.37. The fourth-order valence-electron chi connectivity index (χ4n) is 1.98. The van der Waals surface area contributed by atoms with Crippen molar-refractivity contribution in [1.29, 1.82) is 0 Å². The number of alkyl halides is 3. The lowest BCUT2D eigenvalue weighted by Crippen LogP contribution is -2.44. The molecule has 0 aromatic heterocycles. The highest BCUT2D eigenvalue weighted by atomic mass is 19.4. The van der Waals surface area contributed by atoms with Crippen molar-refractivity contribution >= 4 is 5.91 Å². The predicted molar refractivity (Wildman–Crippen MR) is 77.2 cm³/mol. The van der Waals surface area contributed by atoms with Crippen LogP contribution in [0.25, 0.3) is 0 Å². The summed E-state index contributed by atoms with van der Waals surface area (Å²) in [7, 11) is 2.97. The fraction of sp³-hybridized carbons (Fsp3) is 0.533. The molecule has 0 aliphatic heterocycles. The lowest BCUT2D eigenvalue weighted by atomic mass is 10.1. The Morgan fingerprint density at radius 3 is 2.27 bits per heavy atom. The highest BCUT2D eigenvalue weighted by Crippen LogP contribution is 2.21. The monoisotopic (exact) mass is 318 g/mol. The number of aliphatic hydroxyl groups is 1. The Balaban J connectivity index is 2.57. The summed E-state index contributed by atoms with van der Waals surface area (Å²) in [5.41, 5.74) is 0.941. The highest BCUT2D eigenvalue weighted by Gasteiger charge is 2.38. The van der Waals surface area contributed by atoms with Gasteiger partial charge in [0, 0.05) is 13.6 Å². The topological polar surface area (TPSA) is 43.8 Å². The van der Waals surface area contributed by atoms with Crippen LogP contribution in [0.4, 0.5) is 13.2 Å². The lowest BCUT2D eigenvalue weighted by molar-refractivity contribution is -0.207. The van der Waals surface area contributed by atoms with E-state index < -0.39 is 18.8 Å². The summed E-state index contributed by atoms with van der Waals surface area (Å²) in [4.78, 5) is 14.8. The molecule has 124 valence electrons. The number of carbonyl (C=O) groups is 1. The van der Waals surface area contributed by atoms with Crippen molar-refractivity contribution in [1.82, 2.24) is 9.80 Å². The zero-order valence-corrected chi connectivity index (χ0v) is 12.8. The molecule has 0 spiro atoms. The molecule has 0 bridgehead atoms. The average molecular weight is 318 g/mol. The van der Waals surface area contributed by atoms with Gasteiger partial charge in [-0.1, -0.05) is 30.3 Å². The van der Waals surface area contributed by atoms with Gasteiger partial charge in [0.25, 0.3) is 0 Å². The number of rotatable bonds is 6. The summed E-state index contributed by atoms with van der Waals surface area (Å²) < 4.78 is 36.8. The van der Waals surface area contributed by atoms with Crippen LogP contribution in [0.1, 0.15) is 18.5 Å². The predicted octanol–water partition coefficient (Wildman–Crippen LogP) is 2.06. The molecule has 7 heteroatoms. The first-order chi connectivity index (χ1) is 10.1. The van der Waals surface area contributed by atoms with Crippen molar-refractivity contribution in [2.75, 3.05) is 27.2 Å². The van der Waals surface area contributed by atoms with Gasteiger partial charge in [-0.05, 0) is 19.5 Å². The molecule has 0 saturated carbocycles. The summed E-state index contributed by atoms with van der Waals surface area (Å²) in [6.45, 7) is 1.02. The van der Waals surface area contributed by atoms with Gasteiger partial charge in [-0.2, -0.15) is 13.2 Å². The normalized spacial score (nSPS) is 14.7. The Morgan fingerprint density at radius 2 is 1.77 bits per heavy atom. The van der Waals surface area contributed by atoms with Gasteiger partial charge in [0.05, 0.1) is 12.6 Å². The number of aliphatic hydroxyl groups excluding tert-OH is 1. The number of nitrogens with zero attached hydrogens (tertiary/aromatic N) is 2. The Morgan fingerprint density at radius 1 is 1.23 bits per heavy atom. The van der Waals surface area contributed by atoms with Gasteiger partial charge < -0.3 is 10.0 Å². The molecule has 1 aromatic rings. The number of hydrogen-bond acceptors (Lipinski definition) is 3. The van der Waals surface area contributed by atoms with Crippen LogP contribution in [0.2, 0.25) is 0 Å². The van der Waals surface area contributed by atoms with Crippen LogP contribution < -0.4 is 0 Å². The largest absolute Gasteiger partial charge is 0.415 e. The minimum atomic E-state index is -4.68. The van der Waals surface area contributed by atoms with Gasteiger partial charge in [-0.25, -0.2) is 0 Å². The van der Waals surface area contributed by atoms with Gasteiger partial charge in [0.2, 0.25) is 5.91 Å². The third-order valence-electron chi connectivity index (χ3n) is 3.52. The molecular formula is C15H21F3N2O2. The minimum absolute atomic E-state index is 0.186. The average Bonchev–Trinajstić information content (AvgIpc) is 2.45. The van der Waals surface area contributed by atoms with Crippen molar-refractivity contribution in [3.05, 3.63) is 35.9 Å². The van der Waals surface area contributed by atoms with E-state index >= 15 is 0 Å². The van der Waals surface area contributed by atoms with Crippen LogP contribution in [-0.2, 0) is 4.79 Å². The van der Waals surface area contributed by atoms with Gasteiger partial charge in [0.1, 0.15) is 0 Å². The second-order valence-corrected chi connectivity index (χ2v) is 5.35. The summed E-state index contributed by atoms with van der Waals surface area (Å²) in [6, 6.07) is 9.16. The van der Waals surface area contributed by atoms with E-state index in [9.17, 15) is 18.0 Å². The quantitative estimate of drug-likeness (QED) is 0.873. The maximum absolute atomic E-state index is 12.3. The van der Waals surface area contributed by atoms with Gasteiger partial charge in [-0.15, -0.1) is 0 Å². The van der Waals surface area contributed by atoms with Gasteiger partial charge in [-0.3, -0.25) is 9.69 Å². The minimum Gasteiger partial charge on any atom is -0.382 e. The van der Waals surface area contributed by atoms with Gasteiger partial charge >= 0.3 is 6.18 Å².